The summed E-state index contributed by atoms with van der Waals surface area (Å²) < 4.78 is 10.7. The lowest BCUT2D eigenvalue weighted by molar-refractivity contribution is 0.119. The van der Waals surface area contributed by atoms with Crippen molar-refractivity contribution in [2.75, 3.05) is 6.61 Å². The highest BCUT2D eigenvalue weighted by Gasteiger charge is 2.29. The minimum absolute atomic E-state index is 0.0976. The molecule has 0 radical (unpaired) electrons. The Morgan fingerprint density at radius 3 is 2.92 bits per heavy atom. The molecule has 0 bridgehead atoms. The van der Waals surface area contributed by atoms with Crippen LogP contribution in [0.15, 0.2) is 24.5 Å². The van der Waals surface area contributed by atoms with Crippen LogP contribution in [-0.2, 0) is 20.9 Å². The SMILES string of the molecule is S=[P+]1OCCC(c2ccncc2)O1. The van der Waals surface area contributed by atoms with Crippen LogP contribution >= 0.6 is 7.15 Å². The molecule has 1 fully saturated rings. The van der Waals surface area contributed by atoms with Gasteiger partial charge in [0.15, 0.2) is 0 Å². The van der Waals surface area contributed by atoms with Crippen LogP contribution in [0.25, 0.3) is 0 Å². The van der Waals surface area contributed by atoms with Gasteiger partial charge in [-0.2, -0.15) is 0 Å². The Kier molecular flexibility index (Phi) is 2.96. The van der Waals surface area contributed by atoms with Gasteiger partial charge < -0.3 is 0 Å². The van der Waals surface area contributed by atoms with Crippen molar-refractivity contribution in [3.63, 3.8) is 0 Å². The molecule has 2 atom stereocenters. The van der Waals surface area contributed by atoms with Gasteiger partial charge in [0.05, 0.1) is 0 Å². The molecule has 2 heterocycles. The summed E-state index contributed by atoms with van der Waals surface area (Å²) >= 11 is 4.97. The second-order valence-electron chi connectivity index (χ2n) is 2.72. The standard InChI is InChI=1S/C8H9NO2PS/c13-12-10-6-3-8(11-12)7-1-4-9-5-2-7/h1-2,4-5,8H,3,6H2/q+1. The zero-order chi connectivity index (χ0) is 9.10. The van der Waals surface area contributed by atoms with Gasteiger partial charge in [0.2, 0.25) is 11.8 Å². The molecule has 0 amide bonds. The first kappa shape index (κ1) is 9.16. The molecule has 0 N–H and O–H groups in total. The molecule has 0 spiro atoms. The van der Waals surface area contributed by atoms with Crippen molar-refractivity contribution < 1.29 is 9.05 Å². The number of pyridine rings is 1. The molecule has 1 aliphatic heterocycles. The maximum absolute atomic E-state index is 5.50. The number of hydrogen-bond acceptors (Lipinski definition) is 4. The molecule has 0 aromatic carbocycles. The fourth-order valence-corrected chi connectivity index (χ4v) is 2.51. The lowest BCUT2D eigenvalue weighted by Crippen LogP contribution is -2.08. The van der Waals surface area contributed by atoms with Gasteiger partial charge in [-0.3, -0.25) is 4.98 Å². The molecular formula is C8H9NO2PS+. The van der Waals surface area contributed by atoms with Gasteiger partial charge >= 0.3 is 7.15 Å². The number of nitrogens with zero attached hydrogens (tertiary/aromatic N) is 1. The molecule has 1 aliphatic rings. The molecule has 68 valence electrons. The highest BCUT2D eigenvalue weighted by molar-refractivity contribution is 8.00. The van der Waals surface area contributed by atoms with Gasteiger partial charge in [0, 0.05) is 18.8 Å². The van der Waals surface area contributed by atoms with Crippen LogP contribution in [0.1, 0.15) is 18.1 Å². The molecule has 5 heteroatoms. The van der Waals surface area contributed by atoms with Gasteiger partial charge in [0.1, 0.15) is 12.7 Å². The average molecular weight is 214 g/mol. The van der Waals surface area contributed by atoms with E-state index >= 15 is 0 Å². The smallest absolute Gasteiger partial charge is 0.265 e. The topological polar surface area (TPSA) is 31.4 Å². The Balaban J connectivity index is 2.13. The molecule has 1 aromatic heterocycles. The van der Waals surface area contributed by atoms with E-state index in [1.807, 2.05) is 12.1 Å². The van der Waals surface area contributed by atoms with Crippen LogP contribution in [0, 0.1) is 0 Å². The van der Waals surface area contributed by atoms with Crippen molar-refractivity contribution in [1.29, 1.82) is 0 Å². The van der Waals surface area contributed by atoms with Crippen LogP contribution in [0.3, 0.4) is 0 Å². The van der Waals surface area contributed by atoms with Crippen LogP contribution in [0.2, 0.25) is 0 Å². The Morgan fingerprint density at radius 1 is 1.46 bits per heavy atom. The van der Waals surface area contributed by atoms with Gasteiger partial charge in [-0.05, 0) is 17.7 Å². The minimum Gasteiger partial charge on any atom is -0.265 e. The van der Waals surface area contributed by atoms with E-state index in [4.69, 9.17) is 20.9 Å². The van der Waals surface area contributed by atoms with Crippen molar-refractivity contribution in [3.05, 3.63) is 30.1 Å². The Bertz CT molecular complexity index is 306. The summed E-state index contributed by atoms with van der Waals surface area (Å²) in [7, 11) is -1.09. The summed E-state index contributed by atoms with van der Waals surface area (Å²) in [6.07, 6.45) is 4.50. The lowest BCUT2D eigenvalue weighted by atomic mass is 10.1. The van der Waals surface area contributed by atoms with Gasteiger partial charge in [-0.25, -0.2) is 0 Å². The molecule has 1 aromatic rings. The summed E-state index contributed by atoms with van der Waals surface area (Å²) in [4.78, 5) is 3.95. The largest absolute Gasteiger partial charge is 0.522 e. The molecular weight excluding hydrogens is 205 g/mol. The molecule has 0 saturated carbocycles. The van der Waals surface area contributed by atoms with E-state index in [-0.39, 0.29) is 6.10 Å². The van der Waals surface area contributed by atoms with Crippen LogP contribution in [0.4, 0.5) is 0 Å². The molecule has 0 aliphatic carbocycles. The molecule has 2 rings (SSSR count). The number of aromatic nitrogens is 1. The number of rotatable bonds is 1. The van der Waals surface area contributed by atoms with E-state index in [0.717, 1.165) is 12.0 Å². The molecule has 1 saturated heterocycles. The molecule has 2 unspecified atom stereocenters. The molecule has 3 nitrogen and oxygen atoms in total. The normalized spacial score (nSPS) is 25.8. The summed E-state index contributed by atoms with van der Waals surface area (Å²) in [5.41, 5.74) is 1.13. The first-order chi connectivity index (χ1) is 6.36. The lowest BCUT2D eigenvalue weighted by Gasteiger charge is -2.13. The van der Waals surface area contributed by atoms with Crippen molar-refractivity contribution in [3.8, 4) is 0 Å². The minimum atomic E-state index is -1.09. The van der Waals surface area contributed by atoms with Crippen LogP contribution in [0.5, 0.6) is 0 Å². The third kappa shape index (κ3) is 2.29. The predicted molar refractivity (Wildman–Crippen MR) is 52.9 cm³/mol. The van der Waals surface area contributed by atoms with Crippen molar-refractivity contribution in [2.24, 2.45) is 0 Å². The van der Waals surface area contributed by atoms with E-state index < -0.39 is 7.15 Å². The summed E-state index contributed by atoms with van der Waals surface area (Å²) in [6, 6.07) is 3.91. The van der Waals surface area contributed by atoms with Crippen molar-refractivity contribution >= 4 is 19.0 Å². The van der Waals surface area contributed by atoms with Crippen molar-refractivity contribution in [1.82, 2.24) is 4.98 Å². The Morgan fingerprint density at radius 2 is 2.23 bits per heavy atom. The van der Waals surface area contributed by atoms with Gasteiger partial charge in [-0.15, -0.1) is 9.05 Å². The average Bonchev–Trinajstić information content (AvgIpc) is 2.19. The van der Waals surface area contributed by atoms with E-state index in [1.165, 1.54) is 0 Å². The predicted octanol–water partition coefficient (Wildman–Crippen LogP) is 2.33. The first-order valence-corrected chi connectivity index (χ1v) is 6.22. The molecule has 13 heavy (non-hydrogen) atoms. The second-order valence-corrected chi connectivity index (χ2v) is 4.53. The zero-order valence-electron chi connectivity index (χ0n) is 6.92. The van der Waals surface area contributed by atoms with E-state index in [1.54, 1.807) is 12.4 Å². The van der Waals surface area contributed by atoms with Gasteiger partial charge in [0.25, 0.3) is 0 Å². The zero-order valence-corrected chi connectivity index (χ0v) is 8.63. The third-order valence-electron chi connectivity index (χ3n) is 1.87. The van der Waals surface area contributed by atoms with Crippen LogP contribution in [-0.4, -0.2) is 11.6 Å². The van der Waals surface area contributed by atoms with Crippen molar-refractivity contribution in [2.45, 2.75) is 12.5 Å². The monoisotopic (exact) mass is 214 g/mol. The summed E-state index contributed by atoms with van der Waals surface area (Å²) in [5.74, 6) is 0. The fourth-order valence-electron chi connectivity index (χ4n) is 1.23. The van der Waals surface area contributed by atoms with E-state index in [9.17, 15) is 0 Å². The highest BCUT2D eigenvalue weighted by Crippen LogP contribution is 2.39. The highest BCUT2D eigenvalue weighted by atomic mass is 32.4. The summed E-state index contributed by atoms with van der Waals surface area (Å²) in [5, 5.41) is 0. The van der Waals surface area contributed by atoms with Crippen LogP contribution < -0.4 is 0 Å². The van der Waals surface area contributed by atoms with E-state index in [0.29, 0.717) is 6.61 Å². The first-order valence-electron chi connectivity index (χ1n) is 4.03. The third-order valence-corrected chi connectivity index (χ3v) is 3.26. The number of hydrogen-bond donors (Lipinski definition) is 0. The van der Waals surface area contributed by atoms with E-state index in [2.05, 4.69) is 4.98 Å². The maximum Gasteiger partial charge on any atom is 0.522 e. The quantitative estimate of drug-likeness (QED) is 0.671. The maximum atomic E-state index is 5.50. The Hall–Kier alpha value is -0.410. The summed E-state index contributed by atoms with van der Waals surface area (Å²) in [6.45, 7) is 0.697. The fraction of sp³-hybridized carbons (Fsp3) is 0.375. The second kappa shape index (κ2) is 4.20. The van der Waals surface area contributed by atoms with Gasteiger partial charge in [-0.1, -0.05) is 0 Å². The Labute approximate surface area is 82.7 Å².